The molecule has 0 fully saturated rings. The van der Waals surface area contributed by atoms with E-state index < -0.39 is 0 Å². The van der Waals surface area contributed by atoms with Crippen molar-refractivity contribution >= 4 is 17.4 Å². The molecule has 1 amide bonds. The summed E-state index contributed by atoms with van der Waals surface area (Å²) in [5.41, 5.74) is 3.17. The fourth-order valence-corrected chi connectivity index (χ4v) is 2.06. The van der Waals surface area contributed by atoms with E-state index in [0.717, 1.165) is 30.6 Å². The van der Waals surface area contributed by atoms with Crippen LogP contribution in [0.4, 0.5) is 11.5 Å². The Morgan fingerprint density at radius 2 is 1.91 bits per heavy atom. The van der Waals surface area contributed by atoms with Gasteiger partial charge in [-0.25, -0.2) is 4.98 Å². The van der Waals surface area contributed by atoms with Crippen LogP contribution in [0.5, 0.6) is 0 Å². The van der Waals surface area contributed by atoms with Crippen LogP contribution in [0.2, 0.25) is 0 Å². The van der Waals surface area contributed by atoms with Crippen molar-refractivity contribution in [2.75, 3.05) is 17.2 Å². The Labute approximate surface area is 132 Å². The minimum absolute atomic E-state index is 0.0527. The molecular formula is C18H23N3O. The maximum absolute atomic E-state index is 12.0. The molecular weight excluding hydrogens is 274 g/mol. The van der Waals surface area contributed by atoms with E-state index in [1.54, 1.807) is 6.20 Å². The molecule has 0 saturated carbocycles. The molecule has 0 aliphatic heterocycles. The number of hydrogen-bond donors (Lipinski definition) is 2. The van der Waals surface area contributed by atoms with Gasteiger partial charge in [0.05, 0.1) is 18.3 Å². The lowest BCUT2D eigenvalue weighted by atomic mass is 10.1. The maximum Gasteiger partial charge on any atom is 0.229 e. The zero-order valence-corrected chi connectivity index (χ0v) is 13.2. The normalized spacial score (nSPS) is 10.3. The maximum atomic E-state index is 12.0. The van der Waals surface area contributed by atoms with Gasteiger partial charge in [-0.2, -0.15) is 0 Å². The molecule has 2 N–H and O–H groups in total. The number of benzene rings is 1. The van der Waals surface area contributed by atoms with Gasteiger partial charge in [-0.1, -0.05) is 43.2 Å². The van der Waals surface area contributed by atoms with Gasteiger partial charge in [0, 0.05) is 6.54 Å². The second-order valence-corrected chi connectivity index (χ2v) is 5.42. The van der Waals surface area contributed by atoms with E-state index in [-0.39, 0.29) is 5.91 Å². The van der Waals surface area contributed by atoms with E-state index in [1.807, 2.05) is 43.3 Å². The largest absolute Gasteiger partial charge is 0.384 e. The predicted octanol–water partition coefficient (Wildman–Crippen LogP) is 3.78. The molecule has 1 aromatic heterocycles. The first-order valence-electron chi connectivity index (χ1n) is 7.72. The van der Waals surface area contributed by atoms with Gasteiger partial charge < -0.3 is 10.6 Å². The number of hydrogen-bond acceptors (Lipinski definition) is 3. The number of carbonyl (C=O) groups excluding carboxylic acids is 1. The summed E-state index contributed by atoms with van der Waals surface area (Å²) in [4.78, 5) is 16.3. The summed E-state index contributed by atoms with van der Waals surface area (Å²) < 4.78 is 0. The third-order valence-electron chi connectivity index (χ3n) is 3.38. The van der Waals surface area contributed by atoms with Crippen molar-refractivity contribution in [1.29, 1.82) is 0 Å². The van der Waals surface area contributed by atoms with E-state index in [4.69, 9.17) is 0 Å². The molecule has 0 aliphatic carbocycles. The van der Waals surface area contributed by atoms with Crippen LogP contribution in [0.3, 0.4) is 0 Å². The SMILES string of the molecule is CCCCNc1ccc(NC(=O)Cc2ccc(C)cc2)nc1. The van der Waals surface area contributed by atoms with Gasteiger partial charge in [0.2, 0.25) is 5.91 Å². The number of nitrogens with one attached hydrogen (secondary N) is 2. The fourth-order valence-electron chi connectivity index (χ4n) is 2.06. The van der Waals surface area contributed by atoms with E-state index in [9.17, 15) is 4.79 Å². The molecule has 1 aromatic carbocycles. The predicted molar refractivity (Wildman–Crippen MR) is 91.1 cm³/mol. The van der Waals surface area contributed by atoms with Crippen LogP contribution in [0.15, 0.2) is 42.6 Å². The van der Waals surface area contributed by atoms with Crippen LogP contribution in [-0.4, -0.2) is 17.4 Å². The van der Waals surface area contributed by atoms with E-state index in [1.165, 1.54) is 5.56 Å². The Balaban J connectivity index is 1.84. The Bertz CT molecular complexity index is 591. The molecule has 1 heterocycles. The van der Waals surface area contributed by atoms with Crippen molar-refractivity contribution in [1.82, 2.24) is 4.98 Å². The number of rotatable bonds is 7. The molecule has 0 saturated heterocycles. The molecule has 0 bridgehead atoms. The highest BCUT2D eigenvalue weighted by Crippen LogP contribution is 2.11. The molecule has 116 valence electrons. The summed E-state index contributed by atoms with van der Waals surface area (Å²) in [5, 5.41) is 6.12. The summed E-state index contributed by atoms with van der Waals surface area (Å²) in [7, 11) is 0. The van der Waals surface area contributed by atoms with Crippen LogP contribution >= 0.6 is 0 Å². The lowest BCUT2D eigenvalue weighted by molar-refractivity contribution is -0.115. The van der Waals surface area contributed by atoms with Gasteiger partial charge in [0.15, 0.2) is 0 Å². The second kappa shape index (κ2) is 8.17. The van der Waals surface area contributed by atoms with Gasteiger partial charge in [0.1, 0.15) is 5.82 Å². The molecule has 0 spiro atoms. The number of unbranched alkanes of at least 4 members (excludes halogenated alkanes) is 1. The number of amides is 1. The molecule has 0 atom stereocenters. The van der Waals surface area contributed by atoms with Crippen LogP contribution in [0, 0.1) is 6.92 Å². The smallest absolute Gasteiger partial charge is 0.229 e. The van der Waals surface area contributed by atoms with E-state index in [0.29, 0.717) is 12.2 Å². The molecule has 0 radical (unpaired) electrons. The average molecular weight is 297 g/mol. The Morgan fingerprint density at radius 3 is 2.55 bits per heavy atom. The molecule has 4 nitrogen and oxygen atoms in total. The highest BCUT2D eigenvalue weighted by molar-refractivity contribution is 5.91. The van der Waals surface area contributed by atoms with Crippen LogP contribution in [-0.2, 0) is 11.2 Å². The molecule has 0 aliphatic rings. The third kappa shape index (κ3) is 5.20. The van der Waals surface area contributed by atoms with Crippen molar-refractivity contribution in [3.05, 3.63) is 53.7 Å². The van der Waals surface area contributed by atoms with E-state index >= 15 is 0 Å². The van der Waals surface area contributed by atoms with Gasteiger partial charge in [-0.15, -0.1) is 0 Å². The van der Waals surface area contributed by atoms with Crippen molar-refractivity contribution in [2.45, 2.75) is 33.1 Å². The Kier molecular flexibility index (Phi) is 5.95. The lowest BCUT2D eigenvalue weighted by Crippen LogP contribution is -2.15. The fraction of sp³-hybridized carbons (Fsp3) is 0.333. The number of anilines is 2. The van der Waals surface area contributed by atoms with Crippen molar-refractivity contribution in [3.8, 4) is 0 Å². The van der Waals surface area contributed by atoms with Crippen LogP contribution in [0.1, 0.15) is 30.9 Å². The van der Waals surface area contributed by atoms with E-state index in [2.05, 4.69) is 22.5 Å². The van der Waals surface area contributed by atoms with Gasteiger partial charge >= 0.3 is 0 Å². The quantitative estimate of drug-likeness (QED) is 0.765. The molecule has 22 heavy (non-hydrogen) atoms. The van der Waals surface area contributed by atoms with Gasteiger partial charge in [-0.05, 0) is 31.0 Å². The summed E-state index contributed by atoms with van der Waals surface area (Å²) in [6.45, 7) is 5.13. The molecule has 2 rings (SSSR count). The summed E-state index contributed by atoms with van der Waals surface area (Å²) in [5.74, 6) is 0.529. The van der Waals surface area contributed by atoms with Crippen LogP contribution in [0.25, 0.3) is 0 Å². The highest BCUT2D eigenvalue weighted by atomic mass is 16.1. The number of aromatic nitrogens is 1. The van der Waals surface area contributed by atoms with Crippen molar-refractivity contribution in [2.24, 2.45) is 0 Å². The number of pyridine rings is 1. The standard InChI is InChI=1S/C18H23N3O/c1-3-4-11-19-16-9-10-17(20-13-16)21-18(22)12-15-7-5-14(2)6-8-15/h5-10,13,19H,3-4,11-12H2,1-2H3,(H,20,21,22). The minimum Gasteiger partial charge on any atom is -0.384 e. The zero-order chi connectivity index (χ0) is 15.8. The Hall–Kier alpha value is -2.36. The van der Waals surface area contributed by atoms with Gasteiger partial charge in [0.25, 0.3) is 0 Å². The topological polar surface area (TPSA) is 54.0 Å². The first kappa shape index (κ1) is 16.0. The first-order chi connectivity index (χ1) is 10.7. The minimum atomic E-state index is -0.0527. The molecule has 0 unspecified atom stereocenters. The van der Waals surface area contributed by atoms with Gasteiger partial charge in [-0.3, -0.25) is 4.79 Å². The third-order valence-corrected chi connectivity index (χ3v) is 3.38. The number of carbonyl (C=O) groups is 1. The molecule has 4 heteroatoms. The zero-order valence-electron chi connectivity index (χ0n) is 13.2. The monoisotopic (exact) mass is 297 g/mol. The summed E-state index contributed by atoms with van der Waals surface area (Å²) in [6, 6.07) is 11.7. The van der Waals surface area contributed by atoms with Crippen molar-refractivity contribution in [3.63, 3.8) is 0 Å². The lowest BCUT2D eigenvalue weighted by Gasteiger charge is -2.07. The summed E-state index contributed by atoms with van der Waals surface area (Å²) >= 11 is 0. The average Bonchev–Trinajstić information content (AvgIpc) is 2.51. The first-order valence-corrected chi connectivity index (χ1v) is 7.72. The Morgan fingerprint density at radius 1 is 1.14 bits per heavy atom. The second-order valence-electron chi connectivity index (χ2n) is 5.42. The van der Waals surface area contributed by atoms with Crippen molar-refractivity contribution < 1.29 is 4.79 Å². The number of aryl methyl sites for hydroxylation is 1. The van der Waals surface area contributed by atoms with Crippen LogP contribution < -0.4 is 10.6 Å². The highest BCUT2D eigenvalue weighted by Gasteiger charge is 2.05. The number of nitrogens with zero attached hydrogens (tertiary/aromatic N) is 1. The molecule has 2 aromatic rings. The summed E-state index contributed by atoms with van der Waals surface area (Å²) in [6.07, 6.45) is 4.40.